The van der Waals surface area contributed by atoms with Gasteiger partial charge in [-0.25, -0.2) is 0 Å². The maximum absolute atomic E-state index is 11.8. The second kappa shape index (κ2) is 8.17. The molecule has 2 atom stereocenters. The monoisotopic (exact) mass is 402 g/mol. The Morgan fingerprint density at radius 2 is 0.958 bits per heavy atom. The van der Waals surface area contributed by atoms with Gasteiger partial charge in [0.05, 0.1) is 11.2 Å². The molecule has 148 valence electrons. The normalized spacial score (nSPS) is 18.9. The molecule has 0 spiro atoms. The van der Waals surface area contributed by atoms with Crippen molar-refractivity contribution in [2.45, 2.75) is 105 Å². The summed E-state index contributed by atoms with van der Waals surface area (Å²) in [5.74, 6) is 0. The third-order valence-corrected chi connectivity index (χ3v) is 9.16. The first-order valence-electron chi connectivity index (χ1n) is 7.95. The van der Waals surface area contributed by atoms with Gasteiger partial charge in [-0.1, -0.05) is 53.3 Å². The van der Waals surface area contributed by atoms with Gasteiger partial charge < -0.3 is 23.4 Å². The van der Waals surface area contributed by atoms with E-state index in [1.54, 1.807) is 41.5 Å². The van der Waals surface area contributed by atoms with Gasteiger partial charge in [0, 0.05) is 16.8 Å². The molecule has 0 aromatic rings. The fraction of sp³-hybridized carbons (Fsp3) is 1.00. The number of rotatable bonds is 2. The third-order valence-electron chi connectivity index (χ3n) is 2.43. The van der Waals surface area contributed by atoms with E-state index in [0.717, 1.165) is 0 Å². The van der Waals surface area contributed by atoms with E-state index in [4.69, 9.17) is 20.9 Å². The predicted molar refractivity (Wildman–Crippen MR) is 103 cm³/mol. The quantitative estimate of drug-likeness (QED) is 0.636. The minimum atomic E-state index is -3.75. The second-order valence-corrected chi connectivity index (χ2v) is 16.2. The van der Waals surface area contributed by atoms with Crippen LogP contribution in [0.25, 0.3) is 0 Å². The first kappa shape index (κ1) is 26.9. The van der Waals surface area contributed by atoms with Crippen molar-refractivity contribution in [3.05, 3.63) is 0 Å². The van der Waals surface area contributed by atoms with Gasteiger partial charge in [-0.3, -0.25) is 0 Å². The fourth-order valence-corrected chi connectivity index (χ4v) is 3.66. The van der Waals surface area contributed by atoms with Crippen molar-refractivity contribution >= 4 is 25.9 Å². The highest BCUT2D eigenvalue weighted by atomic mass is 32.5. The molecule has 2 unspecified atom stereocenters. The van der Waals surface area contributed by atoms with E-state index in [1.807, 2.05) is 41.5 Å². The molecule has 5 nitrogen and oxygen atoms in total. The topological polar surface area (TPSA) is 81.7 Å². The summed E-state index contributed by atoms with van der Waals surface area (Å²) in [6.45, 7) is 18.3. The van der Waals surface area contributed by atoms with Crippen LogP contribution in [0.15, 0.2) is 0 Å². The maximum Gasteiger partial charge on any atom is 0.140 e. The van der Waals surface area contributed by atoms with Crippen molar-refractivity contribution in [2.75, 3.05) is 0 Å². The summed E-state index contributed by atoms with van der Waals surface area (Å²) >= 11 is 4.96. The highest BCUT2D eigenvalue weighted by Crippen LogP contribution is 2.54. The van der Waals surface area contributed by atoms with Crippen molar-refractivity contribution in [1.29, 1.82) is 0 Å². The molecular formula is C16H36O5P2S-2. The minimum absolute atomic E-state index is 0.426. The van der Waals surface area contributed by atoms with Gasteiger partial charge in [-0.2, -0.15) is 0 Å². The number of hydrogen-bond donors (Lipinski definition) is 0. The van der Waals surface area contributed by atoms with E-state index in [-0.39, 0.29) is 0 Å². The van der Waals surface area contributed by atoms with Gasteiger partial charge in [0.2, 0.25) is 0 Å². The van der Waals surface area contributed by atoms with Crippen LogP contribution in [0, 0.1) is 0 Å². The lowest BCUT2D eigenvalue weighted by atomic mass is 10.2. The Kier molecular flexibility index (Phi) is 9.17. The smallest absolute Gasteiger partial charge is 0.140 e. The van der Waals surface area contributed by atoms with Crippen LogP contribution in [0.1, 0.15) is 83.1 Å². The Labute approximate surface area is 154 Å². The van der Waals surface area contributed by atoms with Crippen LogP contribution >= 0.6 is 14.1 Å². The number of hydrogen-bond acceptors (Lipinski definition) is 6. The molecule has 0 saturated carbocycles. The molecule has 0 saturated heterocycles. The van der Waals surface area contributed by atoms with Gasteiger partial charge in [-0.15, -0.1) is 0 Å². The maximum atomic E-state index is 11.8. The Balaban J connectivity index is 0. The summed E-state index contributed by atoms with van der Waals surface area (Å²) in [6.07, 6.45) is 0. The van der Waals surface area contributed by atoms with Crippen molar-refractivity contribution in [3.8, 4) is 0 Å². The zero-order valence-electron chi connectivity index (χ0n) is 17.3. The van der Waals surface area contributed by atoms with Crippen LogP contribution in [-0.4, -0.2) is 21.5 Å². The van der Waals surface area contributed by atoms with E-state index >= 15 is 0 Å². The first-order chi connectivity index (χ1) is 9.91. The zero-order valence-corrected chi connectivity index (χ0v) is 19.9. The summed E-state index contributed by atoms with van der Waals surface area (Å²) in [4.78, 5) is 23.3. The zero-order chi connectivity index (χ0) is 20.4. The minimum Gasteiger partial charge on any atom is -0.800 e. The van der Waals surface area contributed by atoms with Gasteiger partial charge in [0.1, 0.15) is 7.60 Å². The van der Waals surface area contributed by atoms with Crippen molar-refractivity contribution in [2.24, 2.45) is 0 Å². The highest BCUT2D eigenvalue weighted by molar-refractivity contribution is 8.09. The second-order valence-electron chi connectivity index (χ2n) is 9.74. The van der Waals surface area contributed by atoms with Crippen LogP contribution in [-0.2, 0) is 25.4 Å². The SMILES string of the molecule is CC(C)(C)OP(=O)([O-])C(C)(C)C.CC(C)(C)OP([O-])(=S)C(C)(C)C. The molecule has 0 radical (unpaired) electrons. The molecule has 8 heteroatoms. The van der Waals surface area contributed by atoms with Gasteiger partial charge in [0.15, 0.2) is 0 Å². The van der Waals surface area contributed by atoms with Crippen LogP contribution in [0.2, 0.25) is 0 Å². The molecule has 0 bridgehead atoms. The molecule has 0 aliphatic rings. The highest BCUT2D eigenvalue weighted by Gasteiger charge is 2.31. The Morgan fingerprint density at radius 3 is 1.04 bits per heavy atom. The molecule has 0 aliphatic carbocycles. The lowest BCUT2D eigenvalue weighted by Crippen LogP contribution is -2.31. The molecule has 0 amide bonds. The molecular weight excluding hydrogens is 366 g/mol. The molecule has 0 heterocycles. The molecule has 0 aromatic heterocycles. The first-order valence-corrected chi connectivity index (χ1v) is 12.1. The van der Waals surface area contributed by atoms with E-state index in [2.05, 4.69) is 0 Å². The summed E-state index contributed by atoms with van der Waals surface area (Å²) in [5.41, 5.74) is -1.06. The van der Waals surface area contributed by atoms with Crippen molar-refractivity contribution in [3.63, 3.8) is 0 Å². The molecule has 0 fully saturated rings. The van der Waals surface area contributed by atoms with E-state index in [0.29, 0.717) is 0 Å². The van der Waals surface area contributed by atoms with Crippen LogP contribution < -0.4 is 9.79 Å². The molecule has 0 aromatic carbocycles. The summed E-state index contributed by atoms with van der Waals surface area (Å²) in [7, 11) is -3.75. The van der Waals surface area contributed by atoms with Crippen molar-refractivity contribution < 1.29 is 23.4 Å². The molecule has 0 aliphatic heterocycles. The third kappa shape index (κ3) is 11.4. The average Bonchev–Trinajstić information content (AvgIpc) is 2.05. The molecule has 24 heavy (non-hydrogen) atoms. The lowest BCUT2D eigenvalue weighted by Gasteiger charge is -2.44. The predicted octanol–water partition coefficient (Wildman–Crippen LogP) is 4.42. The summed E-state index contributed by atoms with van der Waals surface area (Å²) < 4.78 is 21.8. The van der Waals surface area contributed by atoms with Crippen LogP contribution in [0.5, 0.6) is 0 Å². The van der Waals surface area contributed by atoms with E-state index in [1.165, 1.54) is 0 Å². The Bertz CT molecular complexity index is 445. The van der Waals surface area contributed by atoms with Crippen molar-refractivity contribution in [1.82, 2.24) is 0 Å². The Morgan fingerprint density at radius 1 is 0.667 bits per heavy atom. The summed E-state index contributed by atoms with van der Waals surface area (Å²) in [5, 5.41) is -1.27. The van der Waals surface area contributed by atoms with Gasteiger partial charge in [-0.05, 0) is 41.5 Å². The standard InChI is InChI=1S/C8H19O3P.C8H19O2PS/c1-7(2,3)11-12(9,10)8(4,5)6;1-7(2,3)10-11(9,12)8(4,5)6/h1-6H3,(H,9,10);1-6H3,(H,9,12)/p-2. The van der Waals surface area contributed by atoms with Gasteiger partial charge in [0.25, 0.3) is 0 Å². The van der Waals surface area contributed by atoms with Gasteiger partial charge >= 0.3 is 0 Å². The largest absolute Gasteiger partial charge is 0.800 e. The molecule has 0 rings (SSSR count). The van der Waals surface area contributed by atoms with Crippen LogP contribution in [0.4, 0.5) is 0 Å². The van der Waals surface area contributed by atoms with Crippen LogP contribution in [0.3, 0.4) is 0 Å². The average molecular weight is 402 g/mol. The molecule has 0 N–H and O–H groups in total. The van der Waals surface area contributed by atoms with E-state index < -0.39 is 35.6 Å². The Hall–Kier alpha value is 0.720. The lowest BCUT2D eigenvalue weighted by molar-refractivity contribution is -0.212. The summed E-state index contributed by atoms with van der Waals surface area (Å²) in [6, 6.07) is 0. The fourth-order valence-electron chi connectivity index (χ4n) is 0.995. The van der Waals surface area contributed by atoms with E-state index in [9.17, 15) is 14.4 Å².